The molecule has 2 aromatic heterocycles. The third-order valence-electron chi connectivity index (χ3n) is 5.88. The van der Waals surface area contributed by atoms with Crippen molar-refractivity contribution in [2.45, 2.75) is 49.7 Å². The van der Waals surface area contributed by atoms with Crippen molar-refractivity contribution in [1.29, 1.82) is 0 Å². The number of nitrogens with zero attached hydrogens (tertiary/aromatic N) is 3. The zero-order valence-electron chi connectivity index (χ0n) is 16.6. The van der Waals surface area contributed by atoms with Gasteiger partial charge >= 0.3 is 0 Å². The first-order valence-corrected chi connectivity index (χ1v) is 11.8. The fourth-order valence-corrected chi connectivity index (χ4v) is 5.83. The van der Waals surface area contributed by atoms with Gasteiger partial charge in [-0.2, -0.15) is 0 Å². The minimum atomic E-state index is -0.203. The molecule has 2 amide bonds. The van der Waals surface area contributed by atoms with Crippen molar-refractivity contribution in [1.82, 2.24) is 20.2 Å². The summed E-state index contributed by atoms with van der Waals surface area (Å²) >= 11 is 5.23. The maximum absolute atomic E-state index is 12.9. The highest BCUT2D eigenvalue weighted by molar-refractivity contribution is 9.10. The molecule has 1 N–H and O–H groups in total. The molecule has 2 aliphatic heterocycles. The number of rotatable bonds is 3. The molecule has 4 unspecified atom stereocenters. The summed E-state index contributed by atoms with van der Waals surface area (Å²) in [5, 5.41) is 4.62. The molecule has 29 heavy (non-hydrogen) atoms. The maximum atomic E-state index is 12.9. The predicted octanol–water partition coefficient (Wildman–Crippen LogP) is 3.64. The average Bonchev–Trinajstić information content (AvgIpc) is 3.15. The SMILES string of the molecule is CC1CCC(C(=O)N2CCC(C)C(NC(=O)c3ccc4cncc(Br)c4n3)C2)S1. The van der Waals surface area contributed by atoms with Crippen LogP contribution in [0.25, 0.3) is 10.9 Å². The summed E-state index contributed by atoms with van der Waals surface area (Å²) in [6.45, 7) is 5.66. The van der Waals surface area contributed by atoms with Crippen LogP contribution in [0.3, 0.4) is 0 Å². The predicted molar refractivity (Wildman–Crippen MR) is 119 cm³/mol. The van der Waals surface area contributed by atoms with E-state index in [-0.39, 0.29) is 23.1 Å². The molecular weight excluding hydrogens is 452 g/mol. The van der Waals surface area contributed by atoms with E-state index < -0.39 is 0 Å². The second-order valence-corrected chi connectivity index (χ2v) is 10.5. The summed E-state index contributed by atoms with van der Waals surface area (Å²) in [5.74, 6) is 0.339. The summed E-state index contributed by atoms with van der Waals surface area (Å²) in [4.78, 5) is 36.4. The van der Waals surface area contributed by atoms with Crippen molar-refractivity contribution >= 4 is 50.4 Å². The molecule has 8 heteroatoms. The number of pyridine rings is 2. The van der Waals surface area contributed by atoms with Crippen LogP contribution in [0.5, 0.6) is 0 Å². The maximum Gasteiger partial charge on any atom is 0.270 e. The molecule has 2 saturated heterocycles. The normalized spacial score (nSPS) is 27.2. The second kappa shape index (κ2) is 8.60. The van der Waals surface area contributed by atoms with E-state index in [1.165, 1.54) is 0 Å². The number of hydrogen-bond donors (Lipinski definition) is 1. The first-order chi connectivity index (χ1) is 13.9. The Labute approximate surface area is 183 Å². The van der Waals surface area contributed by atoms with E-state index >= 15 is 0 Å². The Hall–Kier alpha value is -1.67. The number of likely N-dealkylation sites (tertiary alicyclic amines) is 1. The van der Waals surface area contributed by atoms with Gasteiger partial charge in [0.25, 0.3) is 5.91 Å². The van der Waals surface area contributed by atoms with Gasteiger partial charge in [0.2, 0.25) is 5.91 Å². The second-order valence-electron chi connectivity index (χ2n) is 8.03. The third-order valence-corrected chi connectivity index (χ3v) is 7.93. The molecule has 2 aliphatic rings. The van der Waals surface area contributed by atoms with Gasteiger partial charge in [-0.25, -0.2) is 4.98 Å². The monoisotopic (exact) mass is 476 g/mol. The lowest BCUT2D eigenvalue weighted by atomic mass is 9.93. The van der Waals surface area contributed by atoms with Gasteiger partial charge in [0.1, 0.15) is 5.69 Å². The van der Waals surface area contributed by atoms with Gasteiger partial charge in [0.05, 0.1) is 15.2 Å². The molecule has 0 spiro atoms. The molecule has 2 fully saturated rings. The number of fused-ring (bicyclic) bond motifs is 1. The van der Waals surface area contributed by atoms with Gasteiger partial charge in [-0.15, -0.1) is 11.8 Å². The number of nitrogens with one attached hydrogen (secondary N) is 1. The molecule has 4 atom stereocenters. The van der Waals surface area contributed by atoms with Crippen LogP contribution in [-0.4, -0.2) is 56.3 Å². The number of amides is 2. The van der Waals surface area contributed by atoms with Crippen LogP contribution < -0.4 is 5.32 Å². The zero-order valence-corrected chi connectivity index (χ0v) is 19.0. The number of hydrogen-bond acceptors (Lipinski definition) is 5. The van der Waals surface area contributed by atoms with E-state index in [1.54, 1.807) is 30.2 Å². The highest BCUT2D eigenvalue weighted by atomic mass is 79.9. The van der Waals surface area contributed by atoms with Gasteiger partial charge in [-0.3, -0.25) is 14.6 Å². The van der Waals surface area contributed by atoms with E-state index in [0.29, 0.717) is 28.9 Å². The van der Waals surface area contributed by atoms with Crippen LogP contribution in [0.15, 0.2) is 29.0 Å². The average molecular weight is 477 g/mol. The van der Waals surface area contributed by atoms with E-state index in [2.05, 4.69) is 45.1 Å². The first kappa shape index (κ1) is 20.6. The van der Waals surface area contributed by atoms with Crippen molar-refractivity contribution in [3.63, 3.8) is 0 Å². The Morgan fingerprint density at radius 2 is 2.03 bits per heavy atom. The van der Waals surface area contributed by atoms with Crippen LogP contribution in [0.2, 0.25) is 0 Å². The highest BCUT2D eigenvalue weighted by Gasteiger charge is 2.36. The van der Waals surface area contributed by atoms with Gasteiger partial charge in [0.15, 0.2) is 0 Å². The number of piperidine rings is 1. The molecule has 4 rings (SSSR count). The molecule has 0 saturated carbocycles. The van der Waals surface area contributed by atoms with Gasteiger partial charge in [-0.05, 0) is 53.2 Å². The molecule has 6 nitrogen and oxygen atoms in total. The summed E-state index contributed by atoms with van der Waals surface area (Å²) in [6.07, 6.45) is 6.35. The first-order valence-electron chi connectivity index (χ1n) is 10.1. The smallest absolute Gasteiger partial charge is 0.270 e. The summed E-state index contributed by atoms with van der Waals surface area (Å²) in [5.41, 5.74) is 1.09. The number of halogens is 1. The lowest BCUT2D eigenvalue weighted by molar-refractivity contribution is -0.132. The van der Waals surface area contributed by atoms with E-state index in [1.807, 2.05) is 11.0 Å². The Morgan fingerprint density at radius 3 is 2.79 bits per heavy atom. The highest BCUT2D eigenvalue weighted by Crippen LogP contribution is 2.35. The van der Waals surface area contributed by atoms with Crippen LogP contribution >= 0.6 is 27.7 Å². The quantitative estimate of drug-likeness (QED) is 0.731. The van der Waals surface area contributed by atoms with E-state index in [9.17, 15) is 9.59 Å². The standard InChI is InChI=1S/C21H25BrN4O2S/c1-12-7-8-26(21(28)18-6-3-13(2)29-18)11-17(12)25-20(27)16-5-4-14-9-23-10-15(22)19(14)24-16/h4-5,9-10,12-13,17-18H,3,6-8,11H2,1-2H3,(H,25,27). The van der Waals surface area contributed by atoms with Crippen LogP contribution in [0, 0.1) is 5.92 Å². The summed E-state index contributed by atoms with van der Waals surface area (Å²) in [7, 11) is 0. The zero-order chi connectivity index (χ0) is 20.5. The van der Waals surface area contributed by atoms with E-state index in [4.69, 9.17) is 0 Å². The van der Waals surface area contributed by atoms with Crippen LogP contribution in [0.1, 0.15) is 43.6 Å². The van der Waals surface area contributed by atoms with E-state index in [0.717, 1.165) is 35.7 Å². The Morgan fingerprint density at radius 1 is 1.21 bits per heavy atom. The lowest BCUT2D eigenvalue weighted by Crippen LogP contribution is -2.54. The van der Waals surface area contributed by atoms with Crippen LogP contribution in [-0.2, 0) is 4.79 Å². The van der Waals surface area contributed by atoms with Gasteiger partial charge in [0, 0.05) is 42.2 Å². The molecular formula is C21H25BrN4O2S. The number of carbonyl (C=O) groups is 2. The van der Waals surface area contributed by atoms with Crippen LogP contribution in [0.4, 0.5) is 0 Å². The van der Waals surface area contributed by atoms with Crippen molar-refractivity contribution < 1.29 is 9.59 Å². The molecule has 154 valence electrons. The minimum absolute atomic E-state index is 0.0672. The molecule has 4 heterocycles. The Bertz CT molecular complexity index is 940. The largest absolute Gasteiger partial charge is 0.346 e. The third kappa shape index (κ3) is 4.43. The molecule has 0 bridgehead atoms. The molecule has 0 aliphatic carbocycles. The topological polar surface area (TPSA) is 75.2 Å². The number of aromatic nitrogens is 2. The van der Waals surface area contributed by atoms with Gasteiger partial charge < -0.3 is 10.2 Å². The number of carbonyl (C=O) groups excluding carboxylic acids is 2. The summed E-state index contributed by atoms with van der Waals surface area (Å²) in [6, 6.07) is 3.51. The summed E-state index contributed by atoms with van der Waals surface area (Å²) < 4.78 is 0.760. The molecule has 0 radical (unpaired) electrons. The van der Waals surface area contributed by atoms with Crippen molar-refractivity contribution in [3.8, 4) is 0 Å². The van der Waals surface area contributed by atoms with Crippen molar-refractivity contribution in [3.05, 3.63) is 34.7 Å². The molecule has 2 aromatic rings. The minimum Gasteiger partial charge on any atom is -0.346 e. The van der Waals surface area contributed by atoms with Crippen molar-refractivity contribution in [2.24, 2.45) is 5.92 Å². The lowest BCUT2D eigenvalue weighted by Gasteiger charge is -2.38. The molecule has 0 aromatic carbocycles. The fraction of sp³-hybridized carbons (Fsp3) is 0.524. The number of thioether (sulfide) groups is 1. The Balaban J connectivity index is 1.45. The van der Waals surface area contributed by atoms with Gasteiger partial charge in [-0.1, -0.05) is 13.8 Å². The van der Waals surface area contributed by atoms with Crippen molar-refractivity contribution in [2.75, 3.05) is 13.1 Å². The fourth-order valence-electron chi connectivity index (χ4n) is 4.02. The Kier molecular flexibility index (Phi) is 6.11.